The van der Waals surface area contributed by atoms with Crippen LogP contribution < -0.4 is 4.90 Å². The Morgan fingerprint density at radius 3 is 1.70 bits per heavy atom. The van der Waals surface area contributed by atoms with Gasteiger partial charge >= 0.3 is 0 Å². The van der Waals surface area contributed by atoms with Gasteiger partial charge in [0, 0.05) is 28.8 Å². The molecule has 2 aromatic heterocycles. The van der Waals surface area contributed by atoms with Crippen LogP contribution in [-0.2, 0) is 0 Å². The molecule has 0 aliphatic heterocycles. The fourth-order valence-electron chi connectivity index (χ4n) is 3.29. The van der Waals surface area contributed by atoms with Crippen molar-refractivity contribution in [2.75, 3.05) is 4.90 Å². The van der Waals surface area contributed by atoms with Crippen LogP contribution in [-0.4, -0.2) is 15.2 Å². The van der Waals surface area contributed by atoms with E-state index in [-0.39, 0.29) is 0 Å². The number of para-hydroxylation sites is 2. The minimum absolute atomic E-state index is 0.407. The van der Waals surface area contributed by atoms with Crippen LogP contribution in [0.2, 0.25) is 0 Å². The molecule has 0 atom stereocenters. The van der Waals surface area contributed by atoms with Crippen LogP contribution in [0.15, 0.2) is 114 Å². The molecule has 0 spiro atoms. The van der Waals surface area contributed by atoms with E-state index < -0.39 is 0 Å². The van der Waals surface area contributed by atoms with Crippen molar-refractivity contribution in [2.24, 2.45) is 0 Å². The van der Waals surface area contributed by atoms with Gasteiger partial charge in [0.2, 0.25) is 5.89 Å². The van der Waals surface area contributed by atoms with Gasteiger partial charge in [-0.1, -0.05) is 42.5 Å². The maximum absolute atomic E-state index is 5.83. The summed E-state index contributed by atoms with van der Waals surface area (Å²) in [7, 11) is 0. The van der Waals surface area contributed by atoms with Crippen molar-refractivity contribution in [3.8, 4) is 23.0 Å². The highest BCUT2D eigenvalue weighted by Gasteiger charge is 2.14. The van der Waals surface area contributed by atoms with Gasteiger partial charge in [0.15, 0.2) is 0 Å². The van der Waals surface area contributed by atoms with Crippen molar-refractivity contribution in [1.82, 2.24) is 15.2 Å². The predicted molar refractivity (Wildman–Crippen MR) is 118 cm³/mol. The Kier molecular flexibility index (Phi) is 4.76. The monoisotopic (exact) mass is 390 g/mol. The standard InChI is InChI=1S/C25H18N4O/c1-3-9-20(10-4-1)29(21-11-5-2-6-12-21)22-16-14-19(15-17-22)24-27-28-25(30-24)23-13-7-8-18-26-23/h1-18H. The van der Waals surface area contributed by atoms with E-state index in [2.05, 4.69) is 56.5 Å². The van der Waals surface area contributed by atoms with E-state index in [1.807, 2.05) is 66.7 Å². The Labute approximate surface area is 174 Å². The summed E-state index contributed by atoms with van der Waals surface area (Å²) in [5, 5.41) is 8.31. The van der Waals surface area contributed by atoms with Crippen molar-refractivity contribution in [3.05, 3.63) is 109 Å². The second-order valence-electron chi connectivity index (χ2n) is 6.68. The zero-order chi connectivity index (χ0) is 20.2. The Hall–Kier alpha value is -4.25. The second-order valence-corrected chi connectivity index (χ2v) is 6.68. The predicted octanol–water partition coefficient (Wildman–Crippen LogP) is 6.27. The van der Waals surface area contributed by atoms with Gasteiger partial charge in [0.25, 0.3) is 5.89 Å². The van der Waals surface area contributed by atoms with Crippen LogP contribution in [0.25, 0.3) is 23.0 Å². The molecule has 2 heterocycles. The Balaban J connectivity index is 1.48. The normalized spacial score (nSPS) is 10.7. The highest BCUT2D eigenvalue weighted by Crippen LogP contribution is 2.35. The van der Waals surface area contributed by atoms with Crippen molar-refractivity contribution in [1.29, 1.82) is 0 Å². The second kappa shape index (κ2) is 8.01. The van der Waals surface area contributed by atoms with E-state index in [0.717, 1.165) is 22.6 Å². The SMILES string of the molecule is c1ccc(N(c2ccccc2)c2ccc(-c3nnc(-c4ccccn4)o3)cc2)cc1. The molecule has 5 nitrogen and oxygen atoms in total. The third kappa shape index (κ3) is 3.56. The molecule has 0 unspecified atom stereocenters. The van der Waals surface area contributed by atoms with Crippen LogP contribution in [0.3, 0.4) is 0 Å². The molecule has 5 aromatic rings. The summed E-state index contributed by atoms with van der Waals surface area (Å²) in [6.07, 6.45) is 1.70. The van der Waals surface area contributed by atoms with Crippen LogP contribution in [0.4, 0.5) is 17.1 Å². The molecule has 0 fully saturated rings. The van der Waals surface area contributed by atoms with Crippen LogP contribution >= 0.6 is 0 Å². The highest BCUT2D eigenvalue weighted by atomic mass is 16.4. The fraction of sp³-hybridized carbons (Fsp3) is 0. The average molecular weight is 390 g/mol. The average Bonchev–Trinajstić information content (AvgIpc) is 3.32. The summed E-state index contributed by atoms with van der Waals surface area (Å²) in [6.45, 7) is 0. The lowest BCUT2D eigenvalue weighted by Gasteiger charge is -2.25. The Morgan fingerprint density at radius 2 is 1.10 bits per heavy atom. The maximum atomic E-state index is 5.83. The van der Waals surface area contributed by atoms with Gasteiger partial charge in [-0.15, -0.1) is 10.2 Å². The third-order valence-electron chi connectivity index (χ3n) is 4.71. The molecule has 30 heavy (non-hydrogen) atoms. The van der Waals surface area contributed by atoms with Crippen LogP contribution in [0.5, 0.6) is 0 Å². The largest absolute Gasteiger partial charge is 0.415 e. The van der Waals surface area contributed by atoms with E-state index in [1.165, 1.54) is 0 Å². The van der Waals surface area contributed by atoms with Gasteiger partial charge in [0.1, 0.15) is 5.69 Å². The molecule has 5 heteroatoms. The number of rotatable bonds is 5. The van der Waals surface area contributed by atoms with E-state index in [9.17, 15) is 0 Å². The van der Waals surface area contributed by atoms with Crippen molar-refractivity contribution < 1.29 is 4.42 Å². The van der Waals surface area contributed by atoms with Crippen molar-refractivity contribution >= 4 is 17.1 Å². The molecule has 3 aromatic carbocycles. The first-order chi connectivity index (χ1) is 14.9. The molecule has 0 radical (unpaired) electrons. The number of pyridine rings is 1. The molecular weight excluding hydrogens is 372 g/mol. The molecule has 144 valence electrons. The lowest BCUT2D eigenvalue weighted by molar-refractivity contribution is 0.582. The topological polar surface area (TPSA) is 55.1 Å². The minimum Gasteiger partial charge on any atom is -0.415 e. The zero-order valence-electron chi connectivity index (χ0n) is 16.1. The molecule has 0 saturated carbocycles. The lowest BCUT2D eigenvalue weighted by atomic mass is 10.1. The molecular formula is C25H18N4O. The number of benzene rings is 3. The quantitative estimate of drug-likeness (QED) is 0.354. The number of nitrogens with zero attached hydrogens (tertiary/aromatic N) is 4. The van der Waals surface area contributed by atoms with Gasteiger partial charge in [0.05, 0.1) is 0 Å². The Morgan fingerprint density at radius 1 is 0.533 bits per heavy atom. The number of aromatic nitrogens is 3. The number of anilines is 3. The molecule has 0 saturated heterocycles. The summed E-state index contributed by atoms with van der Waals surface area (Å²) in [5.74, 6) is 0.873. The molecule has 5 rings (SSSR count). The Bertz CT molecular complexity index is 1180. The van der Waals surface area contributed by atoms with Crippen LogP contribution in [0.1, 0.15) is 0 Å². The first kappa shape index (κ1) is 17.8. The summed E-state index contributed by atoms with van der Waals surface area (Å²) < 4.78 is 5.83. The minimum atomic E-state index is 0.407. The summed E-state index contributed by atoms with van der Waals surface area (Å²) in [6, 6.07) is 34.3. The molecule has 0 aliphatic rings. The van der Waals surface area contributed by atoms with Gasteiger partial charge in [-0.05, 0) is 60.7 Å². The molecule has 0 amide bonds. The third-order valence-corrected chi connectivity index (χ3v) is 4.71. The summed E-state index contributed by atoms with van der Waals surface area (Å²) in [4.78, 5) is 6.46. The number of hydrogen-bond acceptors (Lipinski definition) is 5. The van der Waals surface area contributed by atoms with Gasteiger partial charge in [-0.2, -0.15) is 0 Å². The maximum Gasteiger partial charge on any atom is 0.266 e. The van der Waals surface area contributed by atoms with E-state index in [1.54, 1.807) is 6.20 Å². The van der Waals surface area contributed by atoms with Gasteiger partial charge in [-0.25, -0.2) is 0 Å². The van der Waals surface area contributed by atoms with Gasteiger partial charge < -0.3 is 9.32 Å². The van der Waals surface area contributed by atoms with Gasteiger partial charge in [-0.3, -0.25) is 4.98 Å². The molecule has 0 aliphatic carbocycles. The van der Waals surface area contributed by atoms with Crippen molar-refractivity contribution in [3.63, 3.8) is 0 Å². The molecule has 0 N–H and O–H groups in total. The van der Waals surface area contributed by atoms with E-state index in [0.29, 0.717) is 17.5 Å². The first-order valence-electron chi connectivity index (χ1n) is 9.64. The number of hydrogen-bond donors (Lipinski definition) is 0. The smallest absolute Gasteiger partial charge is 0.266 e. The summed E-state index contributed by atoms with van der Waals surface area (Å²) >= 11 is 0. The zero-order valence-corrected chi connectivity index (χ0v) is 16.1. The summed E-state index contributed by atoms with van der Waals surface area (Å²) in [5.41, 5.74) is 4.74. The van der Waals surface area contributed by atoms with E-state index in [4.69, 9.17) is 4.42 Å². The van der Waals surface area contributed by atoms with E-state index >= 15 is 0 Å². The first-order valence-corrected chi connectivity index (χ1v) is 9.64. The fourth-order valence-corrected chi connectivity index (χ4v) is 3.29. The van der Waals surface area contributed by atoms with Crippen molar-refractivity contribution in [2.45, 2.75) is 0 Å². The van der Waals surface area contributed by atoms with Crippen LogP contribution in [0, 0.1) is 0 Å². The highest BCUT2D eigenvalue weighted by molar-refractivity contribution is 5.77. The molecule has 0 bridgehead atoms. The lowest BCUT2D eigenvalue weighted by Crippen LogP contribution is -2.09.